The van der Waals surface area contributed by atoms with Crippen molar-refractivity contribution in [2.45, 2.75) is 71.3 Å². The number of amides is 1. The second-order valence-electron chi connectivity index (χ2n) is 11.1. The quantitative estimate of drug-likeness (QED) is 0.246. The molecule has 3 aromatic rings. The van der Waals surface area contributed by atoms with E-state index in [1.807, 2.05) is 53.2 Å². The maximum absolute atomic E-state index is 13.0. The number of carbonyl (C=O) groups excluding carboxylic acids is 2. The molecule has 0 bridgehead atoms. The number of hydrogen-bond acceptors (Lipinski definition) is 6. The van der Waals surface area contributed by atoms with E-state index in [0.717, 1.165) is 35.7 Å². The van der Waals surface area contributed by atoms with E-state index in [9.17, 15) is 9.59 Å². The van der Waals surface area contributed by atoms with Crippen molar-refractivity contribution in [1.29, 1.82) is 0 Å². The van der Waals surface area contributed by atoms with E-state index in [0.29, 0.717) is 24.6 Å². The van der Waals surface area contributed by atoms with Gasteiger partial charge < -0.3 is 19.7 Å². The van der Waals surface area contributed by atoms with Crippen molar-refractivity contribution in [2.75, 3.05) is 32.6 Å². The second-order valence-corrected chi connectivity index (χ2v) is 11.1. The molecule has 1 saturated carbocycles. The summed E-state index contributed by atoms with van der Waals surface area (Å²) in [7, 11) is 3.39. The zero-order valence-electron chi connectivity index (χ0n) is 25.1. The Morgan fingerprint density at radius 2 is 1.78 bits per heavy atom. The highest BCUT2D eigenvalue weighted by Crippen LogP contribution is 2.40. The van der Waals surface area contributed by atoms with Crippen molar-refractivity contribution in [2.24, 2.45) is 5.92 Å². The highest BCUT2D eigenvalue weighted by atomic mass is 16.5. The van der Waals surface area contributed by atoms with Gasteiger partial charge in [-0.3, -0.25) is 9.59 Å². The molecule has 0 aliphatic heterocycles. The number of benzene rings is 2. The van der Waals surface area contributed by atoms with Crippen LogP contribution in [0.4, 0.5) is 5.69 Å². The summed E-state index contributed by atoms with van der Waals surface area (Å²) >= 11 is 0. The lowest BCUT2D eigenvalue weighted by Crippen LogP contribution is -2.29. The molecule has 2 aromatic carbocycles. The molecule has 1 aliphatic carbocycles. The number of rotatable bonds is 12. The van der Waals surface area contributed by atoms with Gasteiger partial charge in [0.2, 0.25) is 0 Å². The molecule has 220 valence electrons. The fraction of sp³-hybridized carbons (Fsp3) is 0.485. The van der Waals surface area contributed by atoms with Gasteiger partial charge in [0.15, 0.2) is 0 Å². The van der Waals surface area contributed by atoms with Crippen LogP contribution in [0.1, 0.15) is 92.9 Å². The number of nitrogens with zero attached hydrogens (tertiary/aromatic N) is 3. The molecule has 1 fully saturated rings. The van der Waals surface area contributed by atoms with Gasteiger partial charge in [0.25, 0.3) is 5.91 Å². The molecule has 0 spiro atoms. The fourth-order valence-electron chi connectivity index (χ4n) is 5.65. The average molecular weight is 561 g/mol. The van der Waals surface area contributed by atoms with Gasteiger partial charge in [-0.15, -0.1) is 0 Å². The van der Waals surface area contributed by atoms with Crippen LogP contribution in [0.15, 0.2) is 54.7 Å². The van der Waals surface area contributed by atoms with Gasteiger partial charge in [-0.1, -0.05) is 45.2 Å². The van der Waals surface area contributed by atoms with Crippen LogP contribution in [0.2, 0.25) is 0 Å². The summed E-state index contributed by atoms with van der Waals surface area (Å²) in [5.74, 6) is 1.09. The van der Waals surface area contributed by atoms with Crippen molar-refractivity contribution in [3.63, 3.8) is 0 Å². The number of ether oxygens (including phenoxy) is 2. The Morgan fingerprint density at radius 1 is 1.07 bits per heavy atom. The van der Waals surface area contributed by atoms with E-state index in [1.54, 1.807) is 26.0 Å². The third-order valence-electron chi connectivity index (χ3n) is 7.87. The monoisotopic (exact) mass is 560 g/mol. The average Bonchev–Trinajstić information content (AvgIpc) is 3.44. The number of anilines is 1. The highest BCUT2D eigenvalue weighted by molar-refractivity contribution is 5.94. The van der Waals surface area contributed by atoms with E-state index < -0.39 is 0 Å². The molecule has 1 heterocycles. The van der Waals surface area contributed by atoms with Crippen molar-refractivity contribution in [1.82, 2.24) is 14.7 Å². The third kappa shape index (κ3) is 7.48. The zero-order valence-corrected chi connectivity index (χ0v) is 25.1. The number of para-hydroxylation sites is 2. The van der Waals surface area contributed by atoms with Crippen LogP contribution in [0.25, 0.3) is 5.69 Å². The molecule has 1 unspecified atom stereocenters. The van der Waals surface area contributed by atoms with Crippen LogP contribution in [0, 0.1) is 5.92 Å². The SMILES string of the molecule is CCOC(=O)CCN(C)C(=O)c1ccc(NC(c2cn(-c3ccccc3OC)nc2C(C)C)C2CCCCC2)cc1. The van der Waals surface area contributed by atoms with Gasteiger partial charge in [-0.25, -0.2) is 4.68 Å². The molecule has 1 aliphatic rings. The van der Waals surface area contributed by atoms with Gasteiger partial charge in [0.05, 0.1) is 31.9 Å². The Hall–Kier alpha value is -3.81. The first-order valence-corrected chi connectivity index (χ1v) is 14.8. The first-order valence-electron chi connectivity index (χ1n) is 14.8. The minimum atomic E-state index is -0.296. The van der Waals surface area contributed by atoms with E-state index in [1.165, 1.54) is 24.8 Å². The Labute approximate surface area is 244 Å². The minimum absolute atomic E-state index is 0.0879. The summed E-state index contributed by atoms with van der Waals surface area (Å²) in [6, 6.07) is 15.7. The topological polar surface area (TPSA) is 85.7 Å². The molecule has 41 heavy (non-hydrogen) atoms. The summed E-state index contributed by atoms with van der Waals surface area (Å²) in [6.07, 6.45) is 8.41. The lowest BCUT2D eigenvalue weighted by Gasteiger charge is -2.32. The number of hydrogen-bond donors (Lipinski definition) is 1. The maximum atomic E-state index is 13.0. The standard InChI is InChI=1S/C33H44N4O4/c1-6-41-30(38)20-21-36(4)33(39)25-16-18-26(19-17-25)34-32(24-12-8-7-9-13-24)27-22-37(35-31(27)23(2)3)28-14-10-11-15-29(28)40-5/h10-11,14-19,22-24,32,34H,6-9,12-13,20-21H2,1-5H3. The van der Waals surface area contributed by atoms with Gasteiger partial charge in [0.1, 0.15) is 11.4 Å². The number of carbonyl (C=O) groups is 2. The van der Waals surface area contributed by atoms with E-state index >= 15 is 0 Å². The van der Waals surface area contributed by atoms with Crippen LogP contribution in [0.3, 0.4) is 0 Å². The first-order chi connectivity index (χ1) is 19.8. The van der Waals surface area contributed by atoms with Crippen LogP contribution < -0.4 is 10.1 Å². The van der Waals surface area contributed by atoms with Crippen molar-refractivity contribution < 1.29 is 19.1 Å². The largest absolute Gasteiger partial charge is 0.494 e. The minimum Gasteiger partial charge on any atom is -0.494 e. The second kappa shape index (κ2) is 14.2. The number of methoxy groups -OCH3 is 1. The molecule has 1 N–H and O–H groups in total. The van der Waals surface area contributed by atoms with E-state index in [2.05, 4.69) is 25.4 Å². The summed E-state index contributed by atoms with van der Waals surface area (Å²) in [5.41, 5.74) is 4.75. The lowest BCUT2D eigenvalue weighted by molar-refractivity contribution is -0.143. The Bertz CT molecular complexity index is 1290. The number of nitrogens with one attached hydrogen (secondary N) is 1. The summed E-state index contributed by atoms with van der Waals surface area (Å²) < 4.78 is 12.6. The Balaban J connectivity index is 1.59. The predicted octanol–water partition coefficient (Wildman–Crippen LogP) is 6.76. The highest BCUT2D eigenvalue weighted by Gasteiger charge is 2.30. The van der Waals surface area contributed by atoms with Crippen LogP contribution in [-0.4, -0.2) is 53.9 Å². The van der Waals surface area contributed by atoms with Gasteiger partial charge in [-0.05, 0) is 68.0 Å². The molecule has 0 saturated heterocycles. The third-order valence-corrected chi connectivity index (χ3v) is 7.87. The molecular weight excluding hydrogens is 516 g/mol. The predicted molar refractivity (Wildman–Crippen MR) is 162 cm³/mol. The molecule has 8 heteroatoms. The number of aromatic nitrogens is 2. The van der Waals surface area contributed by atoms with Crippen LogP contribution in [0.5, 0.6) is 5.75 Å². The maximum Gasteiger partial charge on any atom is 0.307 e. The van der Waals surface area contributed by atoms with Gasteiger partial charge in [-0.2, -0.15) is 5.10 Å². The Kier molecular flexibility index (Phi) is 10.4. The molecule has 1 aromatic heterocycles. The molecular formula is C33H44N4O4. The summed E-state index contributed by atoms with van der Waals surface area (Å²) in [5, 5.41) is 8.89. The zero-order chi connectivity index (χ0) is 29.4. The summed E-state index contributed by atoms with van der Waals surface area (Å²) in [4.78, 5) is 26.2. The lowest BCUT2D eigenvalue weighted by atomic mass is 9.80. The van der Waals surface area contributed by atoms with Gasteiger partial charge in [0, 0.05) is 36.6 Å². The summed E-state index contributed by atoms with van der Waals surface area (Å²) in [6.45, 7) is 6.81. The van der Waals surface area contributed by atoms with Crippen molar-refractivity contribution in [3.05, 3.63) is 71.5 Å². The van der Waals surface area contributed by atoms with Gasteiger partial charge >= 0.3 is 5.97 Å². The molecule has 1 atom stereocenters. The molecule has 1 amide bonds. The van der Waals surface area contributed by atoms with Crippen molar-refractivity contribution in [3.8, 4) is 11.4 Å². The Morgan fingerprint density at radius 3 is 2.44 bits per heavy atom. The van der Waals surface area contributed by atoms with Crippen LogP contribution >= 0.6 is 0 Å². The fourth-order valence-corrected chi connectivity index (χ4v) is 5.65. The number of esters is 1. The van der Waals surface area contributed by atoms with E-state index in [-0.39, 0.29) is 30.3 Å². The first kappa shape index (κ1) is 30.2. The van der Waals surface area contributed by atoms with Crippen molar-refractivity contribution >= 4 is 17.6 Å². The normalized spacial score (nSPS) is 14.5. The van der Waals surface area contributed by atoms with E-state index in [4.69, 9.17) is 14.6 Å². The van der Waals surface area contributed by atoms with Crippen LogP contribution in [-0.2, 0) is 9.53 Å². The molecule has 0 radical (unpaired) electrons. The molecule has 4 rings (SSSR count). The molecule has 8 nitrogen and oxygen atoms in total. The smallest absolute Gasteiger partial charge is 0.307 e.